The standard InChI is InChI=1S/C32H61N5O9P2Si.C22H40N5O8PSi.C3H3F3O/c1-21(2)37(22(3)4)47(43-17-16-33-9)45-26-25(24(34-10)30(48(12,13)40)46-49(14,15)32(6,7)8)44-29(27(26)42-19-18-41-11)36-20-23(5)28(38)35-31(36)39;1-13-12-27(21(30)24-18(13)29)19-17(33-11-10-32-5)15(28)16(34-19)14(25-26-23)20(36(6,7)31)35-37(8,9)22(2,3)4;1-2(7)3(4,5)6/h20-22,24-27,29-30,34H,16-19H2,1-8,10-15H3,(H,35,38,39);12,14-17,19-20,28H,10-11H2,1-9H3,(H,24,29,30);1H3/t24-,25-,26-,27-,29-,30+,47?;14-,15-,16-,17-,19-,20+;/m11./s1. The Morgan fingerprint density at radius 2 is 1.18 bits per heavy atom. The zero-order chi connectivity index (χ0) is 71.9. The first-order valence-corrected chi connectivity index (χ1v) is 42.6. The summed E-state index contributed by atoms with van der Waals surface area (Å²) in [7, 11) is -8.08. The lowest BCUT2D eigenvalue weighted by atomic mass is 10.0. The van der Waals surface area contributed by atoms with Crippen molar-refractivity contribution in [1.29, 1.82) is 0 Å². The van der Waals surface area contributed by atoms with Gasteiger partial charge in [0.1, 0.15) is 69.2 Å². The molecule has 4 rings (SSSR count). The molecule has 36 heteroatoms. The third kappa shape index (κ3) is 23.8. The van der Waals surface area contributed by atoms with Crippen LogP contribution in [0.2, 0.25) is 36.3 Å². The molecule has 0 amide bonds. The summed E-state index contributed by atoms with van der Waals surface area (Å²) < 4.78 is 127. The SMILES string of the molecule is CC(=O)C(F)(F)F.COCCO[C@@H]1[C@H](O)[C@@H]([C@@H](N=[N+]=[N-])[C@@H](O[Si](C)(C)C(C)(C)C)P(C)(C)=O)O[C@H]1n1cc(C)c(=O)[nH]c1=O.[C-]#[N+]CCOP(O[C@@H]1[C@@H]([C@@H](NC)[C@@H](O[Si](C)(C)C(C)(C)C)P(C)(C)=O)O[C@@H](n2cc(C)c(=O)[nH]c2=O)[C@@H]1OCCOC)N(C(C)C)C(C)C. The van der Waals surface area contributed by atoms with E-state index in [-0.39, 0.29) is 67.3 Å². The topological polar surface area (TPSA) is 342 Å². The molecule has 2 fully saturated rings. The number of rotatable bonds is 30. The number of nitrogens with one attached hydrogen (secondary N) is 3. The number of Topliss-reactive ketones (excluding diaryl/α,β-unsaturated/α-hetero) is 1. The number of carbonyl (C=O) groups is 1. The summed E-state index contributed by atoms with van der Waals surface area (Å²) in [5.41, 5.74) is 7.49. The van der Waals surface area contributed by atoms with E-state index in [1.54, 1.807) is 34.4 Å². The number of ketones is 1. The Hall–Kier alpha value is -3.58. The van der Waals surface area contributed by atoms with Crippen molar-refractivity contribution >= 4 is 45.2 Å². The van der Waals surface area contributed by atoms with Crippen LogP contribution in [-0.2, 0) is 60.2 Å². The third-order valence-corrected chi connectivity index (χ3v) is 31.0. The number of carbonyl (C=O) groups excluding carboxylic acids is 1. The Morgan fingerprint density at radius 1 is 0.774 bits per heavy atom. The molecule has 0 bridgehead atoms. The van der Waals surface area contributed by atoms with E-state index in [0.717, 1.165) is 4.57 Å². The number of hydrogen-bond acceptors (Lipinski definition) is 21. The minimum absolute atomic E-state index is 0.00853. The number of alkyl halides is 3. The predicted molar refractivity (Wildman–Crippen MR) is 356 cm³/mol. The van der Waals surface area contributed by atoms with Gasteiger partial charge in [0.15, 0.2) is 29.1 Å². The molecule has 4 heterocycles. The number of azide groups is 1. The number of hydrogen-bond donors (Lipinski definition) is 4. The maximum absolute atomic E-state index is 14.2. The van der Waals surface area contributed by atoms with E-state index < -0.39 is 147 Å². The van der Waals surface area contributed by atoms with E-state index >= 15 is 0 Å². The van der Waals surface area contributed by atoms with Gasteiger partial charge in [0.25, 0.3) is 19.6 Å². The molecule has 0 saturated carbocycles. The van der Waals surface area contributed by atoms with E-state index in [9.17, 15) is 56.9 Å². The number of aliphatic hydroxyl groups excluding tert-OH is 1. The van der Waals surface area contributed by atoms with Gasteiger partial charge in [-0.2, -0.15) is 13.2 Å². The van der Waals surface area contributed by atoms with Crippen LogP contribution >= 0.6 is 22.8 Å². The van der Waals surface area contributed by atoms with Crippen molar-refractivity contribution in [2.45, 2.75) is 217 Å². The minimum Gasteiger partial charge on any atom is -0.407 e. The Morgan fingerprint density at radius 3 is 1.55 bits per heavy atom. The number of aryl methyl sites for hydroxylation is 2. The monoisotopic (exact) mass is 1420 g/mol. The van der Waals surface area contributed by atoms with Crippen molar-refractivity contribution in [1.82, 2.24) is 29.1 Å². The molecule has 534 valence electrons. The first-order valence-electron chi connectivity index (χ1n) is 30.3. The maximum atomic E-state index is 14.2. The highest BCUT2D eigenvalue weighted by Gasteiger charge is 2.58. The third-order valence-electron chi connectivity index (χ3n) is 16.3. The summed E-state index contributed by atoms with van der Waals surface area (Å²) in [4.78, 5) is 70.7. The van der Waals surface area contributed by atoms with E-state index in [4.69, 9.17) is 52.9 Å². The smallest absolute Gasteiger partial charge is 0.407 e. The molecule has 1 unspecified atom stereocenters. The van der Waals surface area contributed by atoms with Crippen molar-refractivity contribution in [2.24, 2.45) is 5.11 Å². The first kappa shape index (κ1) is 85.5. The van der Waals surface area contributed by atoms with Crippen molar-refractivity contribution in [3.8, 4) is 0 Å². The lowest BCUT2D eigenvalue weighted by Crippen LogP contribution is -2.57. The fourth-order valence-corrected chi connectivity index (χ4v) is 18.9. The van der Waals surface area contributed by atoms with Gasteiger partial charge in [-0.15, -0.1) is 0 Å². The minimum atomic E-state index is -4.64. The summed E-state index contributed by atoms with van der Waals surface area (Å²) >= 11 is 0. The Labute approximate surface area is 547 Å². The number of halogens is 3. The Kier molecular flexibility index (Phi) is 32.9. The number of likely N-dealkylation sites (N-methyl/N-ethyl adjacent to an activating group) is 1. The van der Waals surface area contributed by atoms with Gasteiger partial charge in [-0.05, 0) is 117 Å². The number of ether oxygens (including phenoxy) is 6. The van der Waals surface area contributed by atoms with Gasteiger partial charge >= 0.3 is 17.6 Å². The predicted octanol–water partition coefficient (Wildman–Crippen LogP) is 8.92. The van der Waals surface area contributed by atoms with Gasteiger partial charge in [-0.3, -0.25) is 33.5 Å². The van der Waals surface area contributed by atoms with Crippen molar-refractivity contribution in [3.63, 3.8) is 0 Å². The molecular formula is C57H104F3N10O18P3Si2. The Balaban J connectivity index is 0.000000591. The largest absolute Gasteiger partial charge is 0.449 e. The average molecular weight is 1420 g/mol. The molecule has 4 N–H and O–H groups in total. The van der Waals surface area contributed by atoms with Crippen LogP contribution in [0.4, 0.5) is 13.2 Å². The summed E-state index contributed by atoms with van der Waals surface area (Å²) in [5.74, 6) is -3.61. The van der Waals surface area contributed by atoms with Crippen molar-refractivity contribution in [2.75, 3.05) is 87.5 Å². The van der Waals surface area contributed by atoms with Crippen LogP contribution in [0.25, 0.3) is 15.3 Å². The number of H-pyrrole nitrogens is 2. The number of nitrogens with zero attached hydrogens (tertiary/aromatic N) is 7. The molecule has 93 heavy (non-hydrogen) atoms. The molecule has 0 aromatic carbocycles. The number of methoxy groups -OCH3 is 2. The first-order chi connectivity index (χ1) is 42.5. The van der Waals surface area contributed by atoms with E-state index in [1.807, 2.05) is 61.6 Å². The van der Waals surface area contributed by atoms with Crippen molar-refractivity contribution in [3.05, 3.63) is 87.1 Å². The van der Waals surface area contributed by atoms with Gasteiger partial charge in [-0.25, -0.2) is 20.8 Å². The van der Waals surface area contributed by atoms with E-state index in [1.165, 1.54) is 44.3 Å². The van der Waals surface area contributed by atoms with Gasteiger partial charge in [-0.1, -0.05) is 46.7 Å². The van der Waals surface area contributed by atoms with Crippen LogP contribution in [0.15, 0.2) is 36.7 Å². The molecule has 2 aromatic heterocycles. The lowest BCUT2D eigenvalue weighted by molar-refractivity contribution is -0.168. The van der Waals surface area contributed by atoms with Crippen LogP contribution < -0.4 is 27.8 Å². The van der Waals surface area contributed by atoms with E-state index in [2.05, 4.69) is 68.7 Å². The molecule has 28 nitrogen and oxygen atoms in total. The fraction of sp³-hybridized carbons (Fsp3) is 0.825. The summed E-state index contributed by atoms with van der Waals surface area (Å²) in [6.07, 6.45) is -10.5. The lowest BCUT2D eigenvalue weighted by Gasteiger charge is -2.44. The molecule has 2 aliphatic rings. The van der Waals surface area contributed by atoms with Crippen LogP contribution in [0.3, 0.4) is 0 Å². The normalized spacial score (nSPS) is 22.5. The van der Waals surface area contributed by atoms with Crippen molar-refractivity contribution < 1.29 is 78.5 Å². The van der Waals surface area contributed by atoms with Gasteiger partial charge in [0, 0.05) is 61.7 Å². The molecule has 0 aliphatic carbocycles. The molecule has 0 spiro atoms. The van der Waals surface area contributed by atoms with Crippen LogP contribution in [0.1, 0.15) is 99.7 Å². The quantitative estimate of drug-likeness (QED) is 0.0108. The van der Waals surface area contributed by atoms with Crippen LogP contribution in [0.5, 0.6) is 0 Å². The molecule has 2 saturated heterocycles. The van der Waals surface area contributed by atoms with Crippen LogP contribution in [0, 0.1) is 20.4 Å². The van der Waals surface area contributed by atoms with E-state index in [0.29, 0.717) is 12.5 Å². The van der Waals surface area contributed by atoms with Gasteiger partial charge in [0.2, 0.25) is 12.3 Å². The second-order valence-electron chi connectivity index (χ2n) is 27.1. The highest BCUT2D eigenvalue weighted by molar-refractivity contribution is 7.63. The highest BCUT2D eigenvalue weighted by atomic mass is 31.2. The summed E-state index contributed by atoms with van der Waals surface area (Å²) in [5, 5.41) is 18.2. The molecule has 0 radical (unpaired) electrons. The maximum Gasteiger partial charge on any atom is 0.449 e. The van der Waals surface area contributed by atoms with Crippen LogP contribution in [-0.4, -0.2) is 217 Å². The number of aliphatic hydroxyl groups is 1. The summed E-state index contributed by atoms with van der Waals surface area (Å²) in [6.45, 7) is 47.2. The fourth-order valence-electron chi connectivity index (χ4n) is 9.24. The second-order valence-corrected chi connectivity index (χ2v) is 44.8. The average Bonchev–Trinajstić information content (AvgIpc) is 1.66. The van der Waals surface area contributed by atoms with Gasteiger partial charge in [0.05, 0.1) is 38.5 Å². The zero-order valence-corrected chi connectivity index (χ0v) is 63.2. The summed E-state index contributed by atoms with van der Waals surface area (Å²) in [6, 6.07) is -1.87. The molecule has 2 aromatic rings. The highest BCUT2D eigenvalue weighted by Crippen LogP contribution is 2.55. The molecule has 2 aliphatic heterocycles. The van der Waals surface area contributed by atoms with Gasteiger partial charge < -0.3 is 70.7 Å². The number of aromatic amines is 2. The molecule has 13 atom stereocenters. The zero-order valence-electron chi connectivity index (χ0n) is 58.5. The number of aromatic nitrogens is 4. The molecular weight excluding hydrogens is 1320 g/mol. The second kappa shape index (κ2) is 35.8. The Bertz CT molecular complexity index is 3170.